The van der Waals surface area contributed by atoms with Crippen molar-refractivity contribution in [3.8, 4) is 11.3 Å². The van der Waals surface area contributed by atoms with Gasteiger partial charge in [-0.05, 0) is 31.2 Å². The molecule has 1 heterocycles. The molecule has 0 spiro atoms. The van der Waals surface area contributed by atoms with Crippen LogP contribution in [-0.4, -0.2) is 13.4 Å². The number of benzene rings is 2. The van der Waals surface area contributed by atoms with Gasteiger partial charge in [-0.3, -0.25) is 4.72 Å². The van der Waals surface area contributed by atoms with Crippen LogP contribution in [0.4, 0.5) is 10.8 Å². The zero-order chi connectivity index (χ0) is 16.4. The van der Waals surface area contributed by atoms with E-state index in [0.29, 0.717) is 16.5 Å². The molecule has 0 atom stereocenters. The van der Waals surface area contributed by atoms with E-state index in [1.807, 2.05) is 19.1 Å². The first-order valence-corrected chi connectivity index (χ1v) is 9.21. The van der Waals surface area contributed by atoms with Gasteiger partial charge in [-0.1, -0.05) is 29.8 Å². The lowest BCUT2D eigenvalue weighted by Crippen LogP contribution is -2.12. The Hall–Kier alpha value is -2.38. The SMILES string of the molecule is Cc1ccc(S(=O)(=O)Nc2nc(-c3cccc(N)c3)cs2)cc1. The lowest BCUT2D eigenvalue weighted by molar-refractivity contribution is 0.601. The number of hydrogen-bond acceptors (Lipinski definition) is 5. The number of nitrogens with two attached hydrogens (primary N) is 1. The first kappa shape index (κ1) is 15.5. The normalized spacial score (nSPS) is 11.3. The fraction of sp³-hybridized carbons (Fsp3) is 0.0625. The molecule has 7 heteroatoms. The van der Waals surface area contributed by atoms with E-state index in [-0.39, 0.29) is 4.90 Å². The highest BCUT2D eigenvalue weighted by Crippen LogP contribution is 2.27. The van der Waals surface area contributed by atoms with E-state index < -0.39 is 10.0 Å². The van der Waals surface area contributed by atoms with E-state index in [9.17, 15) is 8.42 Å². The molecule has 0 amide bonds. The van der Waals surface area contributed by atoms with Crippen molar-refractivity contribution in [1.29, 1.82) is 0 Å². The van der Waals surface area contributed by atoms with E-state index >= 15 is 0 Å². The molecule has 3 aromatic rings. The minimum atomic E-state index is -3.63. The molecule has 1 aromatic heterocycles. The molecule has 3 rings (SSSR count). The second-order valence-corrected chi connectivity index (χ2v) is 7.62. The number of thiazole rings is 1. The van der Waals surface area contributed by atoms with Crippen molar-refractivity contribution in [3.05, 3.63) is 59.5 Å². The first-order chi connectivity index (χ1) is 10.9. The summed E-state index contributed by atoms with van der Waals surface area (Å²) in [6.07, 6.45) is 0. The van der Waals surface area contributed by atoms with Crippen LogP contribution in [0.3, 0.4) is 0 Å². The molecule has 5 nitrogen and oxygen atoms in total. The van der Waals surface area contributed by atoms with Crippen LogP contribution in [-0.2, 0) is 10.0 Å². The predicted molar refractivity (Wildman–Crippen MR) is 93.9 cm³/mol. The number of nitrogen functional groups attached to an aromatic ring is 1. The van der Waals surface area contributed by atoms with Gasteiger partial charge in [0.25, 0.3) is 10.0 Å². The third-order valence-electron chi connectivity index (χ3n) is 3.24. The molecule has 0 saturated heterocycles. The highest BCUT2D eigenvalue weighted by atomic mass is 32.2. The summed E-state index contributed by atoms with van der Waals surface area (Å²) in [6, 6.07) is 14.0. The fourth-order valence-corrected chi connectivity index (χ4v) is 4.01. The van der Waals surface area contributed by atoms with Crippen LogP contribution in [0.25, 0.3) is 11.3 Å². The molecule has 2 aromatic carbocycles. The van der Waals surface area contributed by atoms with Gasteiger partial charge in [0.05, 0.1) is 10.6 Å². The van der Waals surface area contributed by atoms with Gasteiger partial charge in [0.1, 0.15) is 0 Å². The summed E-state index contributed by atoms with van der Waals surface area (Å²) >= 11 is 1.23. The molecule has 0 aliphatic carbocycles. The molecule has 0 unspecified atom stereocenters. The van der Waals surface area contributed by atoms with E-state index in [2.05, 4.69) is 9.71 Å². The molecular formula is C16H15N3O2S2. The highest BCUT2D eigenvalue weighted by molar-refractivity contribution is 7.93. The maximum Gasteiger partial charge on any atom is 0.263 e. The van der Waals surface area contributed by atoms with E-state index in [1.165, 1.54) is 11.3 Å². The molecule has 0 radical (unpaired) electrons. The number of hydrogen-bond donors (Lipinski definition) is 2. The van der Waals surface area contributed by atoms with Gasteiger partial charge in [-0.25, -0.2) is 13.4 Å². The highest BCUT2D eigenvalue weighted by Gasteiger charge is 2.16. The smallest absolute Gasteiger partial charge is 0.263 e. The van der Waals surface area contributed by atoms with Crippen LogP contribution in [0, 0.1) is 6.92 Å². The van der Waals surface area contributed by atoms with Crippen molar-refractivity contribution in [2.75, 3.05) is 10.5 Å². The van der Waals surface area contributed by atoms with E-state index in [4.69, 9.17) is 5.73 Å². The monoisotopic (exact) mass is 345 g/mol. The second-order valence-electron chi connectivity index (χ2n) is 5.08. The third kappa shape index (κ3) is 3.52. The van der Waals surface area contributed by atoms with Crippen LogP contribution >= 0.6 is 11.3 Å². The maximum absolute atomic E-state index is 12.3. The Morgan fingerprint density at radius 1 is 1.13 bits per heavy atom. The van der Waals surface area contributed by atoms with Gasteiger partial charge in [0.15, 0.2) is 5.13 Å². The largest absolute Gasteiger partial charge is 0.399 e. The molecule has 23 heavy (non-hydrogen) atoms. The number of anilines is 2. The van der Waals surface area contributed by atoms with Gasteiger partial charge < -0.3 is 5.73 Å². The Morgan fingerprint density at radius 2 is 1.87 bits per heavy atom. The molecular weight excluding hydrogens is 330 g/mol. The minimum absolute atomic E-state index is 0.212. The lowest BCUT2D eigenvalue weighted by atomic mass is 10.1. The van der Waals surface area contributed by atoms with Gasteiger partial charge in [-0.2, -0.15) is 0 Å². The number of nitrogens with zero attached hydrogens (tertiary/aromatic N) is 1. The van der Waals surface area contributed by atoms with Crippen LogP contribution in [0.15, 0.2) is 58.8 Å². The maximum atomic E-state index is 12.3. The summed E-state index contributed by atoms with van der Waals surface area (Å²) in [5.41, 5.74) is 8.93. The Balaban J connectivity index is 1.85. The van der Waals surface area contributed by atoms with Crippen molar-refractivity contribution in [3.63, 3.8) is 0 Å². The van der Waals surface area contributed by atoms with Crippen molar-refractivity contribution >= 4 is 32.2 Å². The molecule has 0 saturated carbocycles. The van der Waals surface area contributed by atoms with Crippen molar-refractivity contribution in [1.82, 2.24) is 4.98 Å². The second kappa shape index (κ2) is 6.02. The van der Waals surface area contributed by atoms with Crippen molar-refractivity contribution < 1.29 is 8.42 Å². The number of nitrogens with one attached hydrogen (secondary N) is 1. The number of sulfonamides is 1. The van der Waals surface area contributed by atoms with Crippen LogP contribution in [0.5, 0.6) is 0 Å². The Bertz CT molecular complexity index is 932. The van der Waals surface area contributed by atoms with Gasteiger partial charge in [0.2, 0.25) is 0 Å². The van der Waals surface area contributed by atoms with Gasteiger partial charge >= 0.3 is 0 Å². The molecule has 0 aliphatic rings. The fourth-order valence-electron chi connectivity index (χ4n) is 2.04. The number of rotatable bonds is 4. The third-order valence-corrected chi connectivity index (χ3v) is 5.48. The average molecular weight is 345 g/mol. The van der Waals surface area contributed by atoms with Crippen LogP contribution < -0.4 is 10.5 Å². The molecule has 0 aliphatic heterocycles. The van der Waals surface area contributed by atoms with Crippen LogP contribution in [0.2, 0.25) is 0 Å². The first-order valence-electron chi connectivity index (χ1n) is 6.85. The zero-order valence-electron chi connectivity index (χ0n) is 12.4. The van der Waals surface area contributed by atoms with Gasteiger partial charge in [0, 0.05) is 16.6 Å². The molecule has 0 fully saturated rings. The summed E-state index contributed by atoms with van der Waals surface area (Å²) < 4.78 is 27.2. The summed E-state index contributed by atoms with van der Waals surface area (Å²) in [5.74, 6) is 0. The summed E-state index contributed by atoms with van der Waals surface area (Å²) in [7, 11) is -3.63. The molecule has 0 bridgehead atoms. The predicted octanol–water partition coefficient (Wildman–Crippen LogP) is 3.50. The standard InChI is InChI=1S/C16H15N3O2S2/c1-11-5-7-14(8-6-11)23(20,21)19-16-18-15(10-22-16)12-3-2-4-13(17)9-12/h2-10H,17H2,1H3,(H,18,19). The lowest BCUT2D eigenvalue weighted by Gasteiger charge is -2.05. The Morgan fingerprint density at radius 3 is 2.57 bits per heavy atom. The van der Waals surface area contributed by atoms with Crippen LogP contribution in [0.1, 0.15) is 5.56 Å². The molecule has 3 N–H and O–H groups in total. The van der Waals surface area contributed by atoms with Crippen molar-refractivity contribution in [2.45, 2.75) is 11.8 Å². The number of aromatic nitrogens is 1. The average Bonchev–Trinajstić information content (AvgIpc) is 2.95. The quantitative estimate of drug-likeness (QED) is 0.709. The topological polar surface area (TPSA) is 85.1 Å². The zero-order valence-corrected chi connectivity index (χ0v) is 14.0. The van der Waals surface area contributed by atoms with Gasteiger partial charge in [-0.15, -0.1) is 11.3 Å². The van der Waals surface area contributed by atoms with Crippen molar-refractivity contribution in [2.24, 2.45) is 0 Å². The summed E-state index contributed by atoms with van der Waals surface area (Å²) in [5, 5.41) is 2.12. The summed E-state index contributed by atoms with van der Waals surface area (Å²) in [6.45, 7) is 1.91. The number of aryl methyl sites for hydroxylation is 1. The van der Waals surface area contributed by atoms with E-state index in [1.54, 1.807) is 41.8 Å². The summed E-state index contributed by atoms with van der Waals surface area (Å²) in [4.78, 5) is 4.53. The molecule has 118 valence electrons. The minimum Gasteiger partial charge on any atom is -0.399 e. The van der Waals surface area contributed by atoms with E-state index in [0.717, 1.165) is 11.1 Å². The Kier molecular flexibility index (Phi) is 4.06. The Labute approximate surface area is 138 Å².